The molecule has 0 aromatic heterocycles. The van der Waals surface area contributed by atoms with Crippen molar-refractivity contribution in [1.29, 1.82) is 0 Å². The van der Waals surface area contributed by atoms with Crippen LogP contribution in [-0.4, -0.2) is 17.5 Å². The Labute approximate surface area is 84.7 Å². The lowest BCUT2D eigenvalue weighted by Crippen LogP contribution is -2.28. The van der Waals surface area contributed by atoms with Crippen molar-refractivity contribution in [2.75, 3.05) is 12.3 Å². The van der Waals surface area contributed by atoms with E-state index >= 15 is 0 Å². The number of fused-ring (bicyclic) bond motifs is 1. The van der Waals surface area contributed by atoms with Crippen molar-refractivity contribution in [3.63, 3.8) is 0 Å². The van der Waals surface area contributed by atoms with E-state index in [1.807, 2.05) is 12.1 Å². The highest BCUT2D eigenvalue weighted by Crippen LogP contribution is 2.41. The minimum Gasteiger partial charge on any atom is -0.399 e. The molecule has 0 atom stereocenters. The predicted molar refractivity (Wildman–Crippen MR) is 57.8 cm³/mol. The van der Waals surface area contributed by atoms with E-state index in [9.17, 15) is 0 Å². The standard InChI is InChI=1S/C12H16N2/c13-11-3-1-9(2-4-11)7-14-8-10-5-12(14)6-10/h1-4,10,12H,5-8,13H2. The first-order valence-corrected chi connectivity index (χ1v) is 5.40. The fourth-order valence-corrected chi connectivity index (χ4v) is 2.68. The van der Waals surface area contributed by atoms with Crippen LogP contribution in [0.25, 0.3) is 0 Å². The minimum absolute atomic E-state index is 0.861. The molecular formula is C12H16N2. The third kappa shape index (κ3) is 1.30. The number of anilines is 1. The summed E-state index contributed by atoms with van der Waals surface area (Å²) in [6.45, 7) is 2.43. The van der Waals surface area contributed by atoms with Crippen molar-refractivity contribution in [3.05, 3.63) is 29.8 Å². The van der Waals surface area contributed by atoms with Crippen molar-refractivity contribution in [1.82, 2.24) is 4.90 Å². The molecule has 2 nitrogen and oxygen atoms in total. The number of benzene rings is 1. The van der Waals surface area contributed by atoms with E-state index in [1.165, 1.54) is 24.9 Å². The summed E-state index contributed by atoms with van der Waals surface area (Å²) in [4.78, 5) is 2.61. The van der Waals surface area contributed by atoms with Gasteiger partial charge in [0.05, 0.1) is 0 Å². The maximum atomic E-state index is 5.66. The van der Waals surface area contributed by atoms with E-state index in [1.54, 1.807) is 0 Å². The Morgan fingerprint density at radius 2 is 1.93 bits per heavy atom. The molecule has 1 aromatic carbocycles. The van der Waals surface area contributed by atoms with E-state index in [4.69, 9.17) is 5.73 Å². The Hall–Kier alpha value is -1.02. The Balaban J connectivity index is 1.69. The summed E-state index contributed by atoms with van der Waals surface area (Å²) in [6, 6.07) is 9.17. The van der Waals surface area contributed by atoms with Crippen LogP contribution < -0.4 is 5.73 Å². The lowest BCUT2D eigenvalue weighted by molar-refractivity contribution is 0.240. The molecule has 0 amide bonds. The molecule has 3 fully saturated rings. The van der Waals surface area contributed by atoms with Gasteiger partial charge < -0.3 is 5.73 Å². The van der Waals surface area contributed by atoms with Gasteiger partial charge in [-0.3, -0.25) is 4.90 Å². The van der Waals surface area contributed by atoms with Gasteiger partial charge >= 0.3 is 0 Å². The zero-order valence-electron chi connectivity index (χ0n) is 8.32. The second-order valence-corrected chi connectivity index (χ2v) is 4.66. The normalized spacial score (nSPS) is 30.3. The average Bonchev–Trinajstić information content (AvgIpc) is 2.66. The van der Waals surface area contributed by atoms with Crippen molar-refractivity contribution >= 4 is 5.69 Å². The number of nitrogens with two attached hydrogens (primary N) is 1. The van der Waals surface area contributed by atoms with Crippen LogP contribution >= 0.6 is 0 Å². The predicted octanol–water partition coefficient (Wildman–Crippen LogP) is 1.86. The number of hydrogen-bond donors (Lipinski definition) is 1. The molecule has 2 N–H and O–H groups in total. The van der Waals surface area contributed by atoms with Gasteiger partial charge in [-0.15, -0.1) is 0 Å². The SMILES string of the molecule is Nc1ccc(CN2CC3CC2C3)cc1. The van der Waals surface area contributed by atoms with E-state index < -0.39 is 0 Å². The number of hydrogen-bond acceptors (Lipinski definition) is 2. The molecule has 14 heavy (non-hydrogen) atoms. The quantitative estimate of drug-likeness (QED) is 0.718. The minimum atomic E-state index is 0.861. The zero-order chi connectivity index (χ0) is 9.54. The summed E-state index contributed by atoms with van der Waals surface area (Å²) < 4.78 is 0. The van der Waals surface area contributed by atoms with Crippen LogP contribution in [0.4, 0.5) is 5.69 Å². The molecule has 1 aliphatic carbocycles. The summed E-state index contributed by atoms with van der Waals surface area (Å²) in [5.41, 5.74) is 7.91. The van der Waals surface area contributed by atoms with E-state index in [0.29, 0.717) is 0 Å². The van der Waals surface area contributed by atoms with E-state index in [0.717, 1.165) is 24.2 Å². The maximum Gasteiger partial charge on any atom is 0.0314 e. The molecule has 0 radical (unpaired) electrons. The van der Waals surface area contributed by atoms with E-state index in [2.05, 4.69) is 17.0 Å². The van der Waals surface area contributed by atoms with Crippen LogP contribution in [-0.2, 0) is 6.54 Å². The second kappa shape index (κ2) is 2.99. The summed E-state index contributed by atoms with van der Waals surface area (Å²) in [7, 11) is 0. The Kier molecular flexibility index (Phi) is 1.77. The molecule has 0 spiro atoms. The van der Waals surface area contributed by atoms with Crippen molar-refractivity contribution < 1.29 is 0 Å². The van der Waals surface area contributed by atoms with Crippen molar-refractivity contribution in [2.24, 2.45) is 5.92 Å². The highest BCUT2D eigenvalue weighted by molar-refractivity contribution is 5.39. The first-order chi connectivity index (χ1) is 6.81. The van der Waals surface area contributed by atoms with Crippen LogP contribution in [0.5, 0.6) is 0 Å². The molecule has 0 unspecified atom stereocenters. The first-order valence-electron chi connectivity index (χ1n) is 5.40. The van der Waals surface area contributed by atoms with Gasteiger partial charge in [0.15, 0.2) is 0 Å². The fraction of sp³-hybridized carbons (Fsp3) is 0.500. The third-order valence-electron chi connectivity index (χ3n) is 3.59. The van der Waals surface area contributed by atoms with Crippen LogP contribution in [0.3, 0.4) is 0 Å². The largest absolute Gasteiger partial charge is 0.399 e. The number of rotatable bonds is 2. The summed E-state index contributed by atoms with van der Waals surface area (Å²) in [6.07, 6.45) is 2.88. The molecule has 1 saturated carbocycles. The molecule has 4 rings (SSSR count). The van der Waals surface area contributed by atoms with Gasteiger partial charge in [0.25, 0.3) is 0 Å². The van der Waals surface area contributed by atoms with Gasteiger partial charge in [0.1, 0.15) is 0 Å². The van der Waals surface area contributed by atoms with Gasteiger partial charge in [0, 0.05) is 24.8 Å². The molecule has 2 bridgehead atoms. The van der Waals surface area contributed by atoms with Crippen LogP contribution in [0.2, 0.25) is 0 Å². The smallest absolute Gasteiger partial charge is 0.0314 e. The van der Waals surface area contributed by atoms with Crippen LogP contribution in [0, 0.1) is 5.92 Å². The Morgan fingerprint density at radius 3 is 2.50 bits per heavy atom. The fourth-order valence-electron chi connectivity index (χ4n) is 2.68. The van der Waals surface area contributed by atoms with Crippen molar-refractivity contribution in [3.8, 4) is 0 Å². The number of nitrogens with zero attached hydrogens (tertiary/aromatic N) is 1. The molecule has 2 aliphatic heterocycles. The molecular weight excluding hydrogens is 172 g/mol. The Bertz CT molecular complexity index is 325. The second-order valence-electron chi connectivity index (χ2n) is 4.66. The highest BCUT2D eigenvalue weighted by atomic mass is 15.2. The van der Waals surface area contributed by atoms with Gasteiger partial charge in [-0.05, 0) is 36.5 Å². The summed E-state index contributed by atoms with van der Waals surface area (Å²) in [5.74, 6) is 1.01. The van der Waals surface area contributed by atoms with Crippen LogP contribution in [0.1, 0.15) is 18.4 Å². The maximum absolute atomic E-state index is 5.66. The molecule has 1 aromatic rings. The molecule has 2 saturated heterocycles. The topological polar surface area (TPSA) is 29.3 Å². The average molecular weight is 188 g/mol. The monoisotopic (exact) mass is 188 g/mol. The van der Waals surface area contributed by atoms with Crippen LogP contribution in [0.15, 0.2) is 24.3 Å². The summed E-state index contributed by atoms with van der Waals surface area (Å²) >= 11 is 0. The highest BCUT2D eigenvalue weighted by Gasteiger charge is 2.42. The molecule has 2 heterocycles. The lowest BCUT2D eigenvalue weighted by atomic mass is 9.86. The number of nitrogen functional groups attached to an aromatic ring is 1. The van der Waals surface area contributed by atoms with Gasteiger partial charge in [-0.1, -0.05) is 12.1 Å². The summed E-state index contributed by atoms with van der Waals surface area (Å²) in [5, 5.41) is 0. The zero-order valence-corrected chi connectivity index (χ0v) is 8.32. The molecule has 74 valence electrons. The van der Waals surface area contributed by atoms with Crippen molar-refractivity contribution in [2.45, 2.75) is 25.4 Å². The van der Waals surface area contributed by atoms with Gasteiger partial charge in [-0.2, -0.15) is 0 Å². The third-order valence-corrected chi connectivity index (χ3v) is 3.59. The lowest BCUT2D eigenvalue weighted by Gasteiger charge is -2.25. The van der Waals surface area contributed by atoms with Gasteiger partial charge in [-0.25, -0.2) is 0 Å². The van der Waals surface area contributed by atoms with Gasteiger partial charge in [0.2, 0.25) is 0 Å². The molecule has 2 heteroatoms. The van der Waals surface area contributed by atoms with E-state index in [-0.39, 0.29) is 0 Å². The first kappa shape index (κ1) is 8.30. The molecule has 3 aliphatic rings. The Morgan fingerprint density at radius 1 is 1.21 bits per heavy atom.